The molecule has 0 radical (unpaired) electrons. The summed E-state index contributed by atoms with van der Waals surface area (Å²) >= 11 is 0. The van der Waals surface area contributed by atoms with Crippen LogP contribution in [-0.2, 0) is 19.1 Å². The van der Waals surface area contributed by atoms with E-state index in [9.17, 15) is 14.4 Å². The van der Waals surface area contributed by atoms with Crippen LogP contribution in [0.25, 0.3) is 0 Å². The van der Waals surface area contributed by atoms with Crippen molar-refractivity contribution in [1.82, 2.24) is 4.90 Å². The predicted molar refractivity (Wildman–Crippen MR) is 68.3 cm³/mol. The minimum atomic E-state index is -0.171. The summed E-state index contributed by atoms with van der Waals surface area (Å²) in [7, 11) is 1.40. The second kappa shape index (κ2) is 6.17. The number of piperidine rings is 1. The summed E-state index contributed by atoms with van der Waals surface area (Å²) in [4.78, 5) is 36.8. The molecule has 0 aromatic rings. The molecule has 1 saturated carbocycles. The van der Waals surface area contributed by atoms with Crippen LogP contribution in [-0.4, -0.2) is 42.8 Å². The first-order valence-corrected chi connectivity index (χ1v) is 7.00. The first-order chi connectivity index (χ1) is 9.11. The van der Waals surface area contributed by atoms with Crippen LogP contribution in [0.1, 0.15) is 38.5 Å². The third-order valence-corrected chi connectivity index (χ3v) is 4.23. The Morgan fingerprint density at radius 3 is 2.16 bits per heavy atom. The number of nitrogens with zero attached hydrogens (tertiary/aromatic N) is 1. The molecule has 1 heterocycles. The zero-order valence-corrected chi connectivity index (χ0v) is 11.4. The Labute approximate surface area is 113 Å². The van der Waals surface area contributed by atoms with E-state index in [1.807, 2.05) is 4.90 Å². The van der Waals surface area contributed by atoms with Crippen molar-refractivity contribution in [3.05, 3.63) is 0 Å². The zero-order chi connectivity index (χ0) is 13.8. The molecule has 2 rings (SSSR count). The number of ether oxygens (including phenoxy) is 1. The molecule has 1 aliphatic heterocycles. The molecule has 0 atom stereocenters. The van der Waals surface area contributed by atoms with Crippen molar-refractivity contribution < 1.29 is 19.1 Å². The SMILES string of the molecule is COC(=O)C1CCN(C(=O)C2CCC(=O)CC2)CC1. The molecular formula is C14H21NO4. The van der Waals surface area contributed by atoms with Crippen LogP contribution < -0.4 is 0 Å². The maximum Gasteiger partial charge on any atom is 0.308 e. The monoisotopic (exact) mass is 267 g/mol. The van der Waals surface area contributed by atoms with Crippen molar-refractivity contribution in [2.24, 2.45) is 11.8 Å². The smallest absolute Gasteiger partial charge is 0.308 e. The lowest BCUT2D eigenvalue weighted by Gasteiger charge is -2.34. The lowest BCUT2D eigenvalue weighted by molar-refractivity contribution is -0.150. The van der Waals surface area contributed by atoms with Crippen LogP contribution in [0.2, 0.25) is 0 Å². The minimum Gasteiger partial charge on any atom is -0.469 e. The highest BCUT2D eigenvalue weighted by Crippen LogP contribution is 2.26. The van der Waals surface area contributed by atoms with Gasteiger partial charge in [-0.1, -0.05) is 0 Å². The number of rotatable bonds is 2. The standard InChI is InChI=1S/C14H21NO4/c1-19-14(18)11-6-8-15(9-7-11)13(17)10-2-4-12(16)5-3-10/h10-11H,2-9H2,1H3. The molecular weight excluding hydrogens is 246 g/mol. The fourth-order valence-electron chi connectivity index (χ4n) is 2.95. The molecule has 0 aromatic heterocycles. The second-order valence-corrected chi connectivity index (χ2v) is 5.44. The van der Waals surface area contributed by atoms with Crippen molar-refractivity contribution in [3.63, 3.8) is 0 Å². The van der Waals surface area contributed by atoms with Gasteiger partial charge in [0.25, 0.3) is 0 Å². The summed E-state index contributed by atoms with van der Waals surface area (Å²) < 4.78 is 4.73. The van der Waals surface area contributed by atoms with Crippen LogP contribution in [0, 0.1) is 11.8 Å². The van der Waals surface area contributed by atoms with E-state index in [1.165, 1.54) is 7.11 Å². The molecule has 5 heteroatoms. The summed E-state index contributed by atoms with van der Waals surface area (Å²) in [5, 5.41) is 0. The second-order valence-electron chi connectivity index (χ2n) is 5.44. The Hall–Kier alpha value is -1.39. The Morgan fingerprint density at radius 1 is 1.05 bits per heavy atom. The predicted octanol–water partition coefficient (Wildman–Crippen LogP) is 1.16. The van der Waals surface area contributed by atoms with Crippen LogP contribution in [0.3, 0.4) is 0 Å². The summed E-state index contributed by atoms with van der Waals surface area (Å²) in [6.45, 7) is 1.26. The van der Waals surface area contributed by atoms with Gasteiger partial charge in [0.2, 0.25) is 5.91 Å². The van der Waals surface area contributed by atoms with Gasteiger partial charge in [0.1, 0.15) is 5.78 Å². The number of amides is 1. The van der Waals surface area contributed by atoms with Crippen LogP contribution >= 0.6 is 0 Å². The number of methoxy groups -OCH3 is 1. The number of Topliss-reactive ketones (excluding diaryl/α,β-unsaturated/α-hetero) is 1. The molecule has 19 heavy (non-hydrogen) atoms. The van der Waals surface area contributed by atoms with Crippen molar-refractivity contribution in [1.29, 1.82) is 0 Å². The van der Waals surface area contributed by atoms with Gasteiger partial charge >= 0.3 is 5.97 Å². The largest absolute Gasteiger partial charge is 0.469 e. The Kier molecular flexibility index (Phi) is 4.56. The topological polar surface area (TPSA) is 63.7 Å². The quantitative estimate of drug-likeness (QED) is 0.704. The average molecular weight is 267 g/mol. The summed E-state index contributed by atoms with van der Waals surface area (Å²) in [6.07, 6.45) is 3.82. The molecule has 1 saturated heterocycles. The third kappa shape index (κ3) is 3.33. The number of hydrogen-bond donors (Lipinski definition) is 0. The molecule has 1 aliphatic carbocycles. The first kappa shape index (κ1) is 14.0. The lowest BCUT2D eigenvalue weighted by atomic mass is 9.86. The van der Waals surface area contributed by atoms with E-state index < -0.39 is 0 Å². The van der Waals surface area contributed by atoms with Crippen molar-refractivity contribution in [2.45, 2.75) is 38.5 Å². The maximum atomic E-state index is 12.3. The van der Waals surface area contributed by atoms with Gasteiger partial charge in [0.05, 0.1) is 13.0 Å². The molecule has 0 N–H and O–H groups in total. The zero-order valence-electron chi connectivity index (χ0n) is 11.4. The minimum absolute atomic E-state index is 0.00683. The molecule has 0 unspecified atom stereocenters. The Balaban J connectivity index is 1.82. The molecule has 2 aliphatic rings. The molecule has 0 bridgehead atoms. The maximum absolute atomic E-state index is 12.3. The van der Waals surface area contributed by atoms with E-state index in [4.69, 9.17) is 4.74 Å². The fraction of sp³-hybridized carbons (Fsp3) is 0.786. The van der Waals surface area contributed by atoms with Gasteiger partial charge in [-0.15, -0.1) is 0 Å². The number of carbonyl (C=O) groups excluding carboxylic acids is 3. The number of likely N-dealkylation sites (tertiary alicyclic amines) is 1. The van der Waals surface area contributed by atoms with E-state index in [0.29, 0.717) is 51.6 Å². The molecule has 2 fully saturated rings. The number of esters is 1. The molecule has 0 aromatic carbocycles. The number of carbonyl (C=O) groups is 3. The number of hydrogen-bond acceptors (Lipinski definition) is 4. The first-order valence-electron chi connectivity index (χ1n) is 7.00. The van der Waals surface area contributed by atoms with Gasteiger partial charge in [0, 0.05) is 31.8 Å². The van der Waals surface area contributed by atoms with Gasteiger partial charge in [-0.05, 0) is 25.7 Å². The van der Waals surface area contributed by atoms with E-state index in [1.54, 1.807) is 0 Å². The summed E-state index contributed by atoms with van der Waals surface area (Å²) in [6, 6.07) is 0. The van der Waals surface area contributed by atoms with Gasteiger partial charge in [0.15, 0.2) is 0 Å². The summed E-state index contributed by atoms with van der Waals surface area (Å²) in [5.74, 6) is 0.203. The highest BCUT2D eigenvalue weighted by atomic mass is 16.5. The van der Waals surface area contributed by atoms with Crippen molar-refractivity contribution in [2.75, 3.05) is 20.2 Å². The van der Waals surface area contributed by atoms with Crippen LogP contribution in [0.4, 0.5) is 0 Å². The van der Waals surface area contributed by atoms with Crippen molar-refractivity contribution in [3.8, 4) is 0 Å². The summed E-state index contributed by atoms with van der Waals surface area (Å²) in [5.41, 5.74) is 0. The highest BCUT2D eigenvalue weighted by Gasteiger charge is 2.32. The van der Waals surface area contributed by atoms with Gasteiger partial charge in [-0.3, -0.25) is 14.4 Å². The molecule has 0 spiro atoms. The number of ketones is 1. The third-order valence-electron chi connectivity index (χ3n) is 4.23. The van der Waals surface area contributed by atoms with Crippen molar-refractivity contribution >= 4 is 17.7 Å². The lowest BCUT2D eigenvalue weighted by Crippen LogP contribution is -2.44. The molecule has 1 amide bonds. The Morgan fingerprint density at radius 2 is 1.63 bits per heavy atom. The van der Waals surface area contributed by atoms with Gasteiger partial charge in [-0.25, -0.2) is 0 Å². The fourth-order valence-corrected chi connectivity index (χ4v) is 2.95. The van der Waals surface area contributed by atoms with E-state index in [0.717, 1.165) is 0 Å². The normalized spacial score (nSPS) is 22.4. The van der Waals surface area contributed by atoms with Gasteiger partial charge in [-0.2, -0.15) is 0 Å². The average Bonchev–Trinajstić information content (AvgIpc) is 2.46. The van der Waals surface area contributed by atoms with E-state index in [2.05, 4.69) is 0 Å². The molecule has 5 nitrogen and oxygen atoms in total. The molecule has 106 valence electrons. The highest BCUT2D eigenvalue weighted by molar-refractivity contribution is 5.84. The van der Waals surface area contributed by atoms with E-state index >= 15 is 0 Å². The van der Waals surface area contributed by atoms with Gasteiger partial charge < -0.3 is 9.64 Å². The Bertz CT molecular complexity index is 362. The van der Waals surface area contributed by atoms with Crippen LogP contribution in [0.15, 0.2) is 0 Å². The van der Waals surface area contributed by atoms with Crippen LogP contribution in [0.5, 0.6) is 0 Å². The van der Waals surface area contributed by atoms with E-state index in [-0.39, 0.29) is 29.5 Å².